The number of hydrogen-bond acceptors (Lipinski definition) is 2. The summed E-state index contributed by atoms with van der Waals surface area (Å²) in [6.07, 6.45) is 4.52. The highest BCUT2D eigenvalue weighted by Gasteiger charge is 2.23. The minimum Gasteiger partial charge on any atom is -0.342 e. The molecule has 3 N–H and O–H groups in total. The van der Waals surface area contributed by atoms with Crippen LogP contribution in [0.4, 0.5) is 0 Å². The Bertz CT molecular complexity index is 534. The Morgan fingerprint density at radius 1 is 1.35 bits per heavy atom. The van der Waals surface area contributed by atoms with E-state index in [1.54, 1.807) is 0 Å². The van der Waals surface area contributed by atoms with E-state index >= 15 is 0 Å². The second kappa shape index (κ2) is 4.31. The number of H-pyrrole nitrogens is 1. The van der Waals surface area contributed by atoms with Crippen molar-refractivity contribution in [2.75, 3.05) is 0 Å². The summed E-state index contributed by atoms with van der Waals surface area (Å²) < 4.78 is 0. The lowest BCUT2D eigenvalue weighted by atomic mass is 9.86. The lowest BCUT2D eigenvalue weighted by Gasteiger charge is -2.24. The largest absolute Gasteiger partial charge is 0.342 e. The van der Waals surface area contributed by atoms with Crippen LogP contribution in [0.2, 0.25) is 5.02 Å². The number of rotatable bonds is 1. The SMILES string of the molecule is NC1CCCC(c2nc3c(Cl)cccc3[nH]2)C1. The van der Waals surface area contributed by atoms with Gasteiger partial charge in [-0.05, 0) is 31.4 Å². The predicted molar refractivity (Wildman–Crippen MR) is 70.3 cm³/mol. The van der Waals surface area contributed by atoms with Gasteiger partial charge in [-0.25, -0.2) is 4.98 Å². The summed E-state index contributed by atoms with van der Waals surface area (Å²) in [7, 11) is 0. The van der Waals surface area contributed by atoms with Crippen LogP contribution in [0, 0.1) is 0 Å². The molecule has 1 aliphatic carbocycles. The molecule has 0 saturated heterocycles. The van der Waals surface area contributed by atoms with Crippen molar-refractivity contribution >= 4 is 22.6 Å². The molecule has 2 unspecified atom stereocenters. The van der Waals surface area contributed by atoms with Gasteiger partial charge in [-0.1, -0.05) is 24.1 Å². The highest BCUT2D eigenvalue weighted by atomic mass is 35.5. The number of aromatic amines is 1. The molecular formula is C13H16ClN3. The Labute approximate surface area is 105 Å². The summed E-state index contributed by atoms with van der Waals surface area (Å²) >= 11 is 6.13. The highest BCUT2D eigenvalue weighted by molar-refractivity contribution is 6.34. The number of benzene rings is 1. The van der Waals surface area contributed by atoms with Gasteiger partial charge < -0.3 is 10.7 Å². The first-order chi connectivity index (χ1) is 8.24. The molecule has 3 nitrogen and oxygen atoms in total. The zero-order chi connectivity index (χ0) is 11.8. The number of hydrogen-bond donors (Lipinski definition) is 2. The van der Waals surface area contributed by atoms with Gasteiger partial charge in [-0.15, -0.1) is 0 Å². The topological polar surface area (TPSA) is 54.7 Å². The Balaban J connectivity index is 1.97. The smallest absolute Gasteiger partial charge is 0.110 e. The van der Waals surface area contributed by atoms with Crippen molar-refractivity contribution in [3.8, 4) is 0 Å². The first-order valence-electron chi connectivity index (χ1n) is 6.14. The summed E-state index contributed by atoms with van der Waals surface area (Å²) in [5.74, 6) is 1.51. The van der Waals surface area contributed by atoms with Crippen LogP contribution >= 0.6 is 11.6 Å². The fourth-order valence-electron chi connectivity index (χ4n) is 2.69. The molecule has 1 aromatic heterocycles. The summed E-state index contributed by atoms with van der Waals surface area (Å²) in [6.45, 7) is 0. The van der Waals surface area contributed by atoms with Crippen LogP contribution in [0.25, 0.3) is 11.0 Å². The zero-order valence-electron chi connectivity index (χ0n) is 9.62. The standard InChI is InChI=1S/C13H16ClN3/c14-10-5-2-6-11-12(10)17-13(16-11)8-3-1-4-9(15)7-8/h2,5-6,8-9H,1,3-4,7,15H2,(H,16,17). The minimum atomic E-state index is 0.317. The van der Waals surface area contributed by atoms with Crippen LogP contribution in [-0.4, -0.2) is 16.0 Å². The summed E-state index contributed by atoms with van der Waals surface area (Å²) in [6, 6.07) is 6.15. The van der Waals surface area contributed by atoms with Crippen LogP contribution in [0.5, 0.6) is 0 Å². The summed E-state index contributed by atoms with van der Waals surface area (Å²) in [5.41, 5.74) is 7.92. The van der Waals surface area contributed by atoms with Gasteiger partial charge in [-0.2, -0.15) is 0 Å². The minimum absolute atomic E-state index is 0.317. The molecule has 90 valence electrons. The van der Waals surface area contributed by atoms with E-state index in [1.165, 1.54) is 12.8 Å². The lowest BCUT2D eigenvalue weighted by Crippen LogP contribution is -2.27. The van der Waals surface area contributed by atoms with Crippen molar-refractivity contribution in [1.29, 1.82) is 0 Å². The molecule has 0 bridgehead atoms. The van der Waals surface area contributed by atoms with Gasteiger partial charge in [0.25, 0.3) is 0 Å². The average Bonchev–Trinajstić information content (AvgIpc) is 2.74. The molecule has 0 amide bonds. The number of fused-ring (bicyclic) bond motifs is 1. The molecular weight excluding hydrogens is 234 g/mol. The fraction of sp³-hybridized carbons (Fsp3) is 0.462. The van der Waals surface area contributed by atoms with Gasteiger partial charge in [0.2, 0.25) is 0 Å². The third-order valence-corrected chi connectivity index (χ3v) is 3.89. The number of halogens is 1. The Morgan fingerprint density at radius 3 is 3.00 bits per heavy atom. The summed E-state index contributed by atoms with van der Waals surface area (Å²) in [5, 5.41) is 0.713. The molecule has 0 spiro atoms. The predicted octanol–water partition coefficient (Wildman–Crippen LogP) is 3.20. The van der Waals surface area contributed by atoms with E-state index in [4.69, 9.17) is 17.3 Å². The normalized spacial score (nSPS) is 25.3. The average molecular weight is 250 g/mol. The lowest BCUT2D eigenvalue weighted by molar-refractivity contribution is 0.384. The van der Waals surface area contributed by atoms with E-state index in [0.29, 0.717) is 17.0 Å². The molecule has 0 aliphatic heterocycles. The van der Waals surface area contributed by atoms with E-state index in [0.717, 1.165) is 29.7 Å². The maximum absolute atomic E-state index is 6.13. The summed E-state index contributed by atoms with van der Waals surface area (Å²) in [4.78, 5) is 8.00. The fourth-order valence-corrected chi connectivity index (χ4v) is 2.90. The maximum atomic E-state index is 6.13. The van der Waals surface area contributed by atoms with E-state index in [9.17, 15) is 0 Å². The molecule has 1 saturated carbocycles. The maximum Gasteiger partial charge on any atom is 0.110 e. The quantitative estimate of drug-likeness (QED) is 0.816. The van der Waals surface area contributed by atoms with Crippen molar-refractivity contribution in [2.24, 2.45) is 5.73 Å². The van der Waals surface area contributed by atoms with Crippen LogP contribution in [0.1, 0.15) is 37.4 Å². The Kier molecular flexibility index (Phi) is 2.81. The first-order valence-corrected chi connectivity index (χ1v) is 6.51. The molecule has 0 radical (unpaired) electrons. The van der Waals surface area contributed by atoms with Crippen molar-refractivity contribution in [3.63, 3.8) is 0 Å². The molecule has 1 aromatic carbocycles. The van der Waals surface area contributed by atoms with Gasteiger partial charge in [0, 0.05) is 12.0 Å². The second-order valence-corrected chi connectivity index (χ2v) is 5.29. The van der Waals surface area contributed by atoms with Crippen LogP contribution in [0.3, 0.4) is 0 Å². The van der Waals surface area contributed by atoms with E-state index in [1.807, 2.05) is 18.2 Å². The number of para-hydroxylation sites is 1. The number of aromatic nitrogens is 2. The van der Waals surface area contributed by atoms with Crippen molar-refractivity contribution in [2.45, 2.75) is 37.6 Å². The zero-order valence-corrected chi connectivity index (χ0v) is 10.4. The molecule has 1 fully saturated rings. The van der Waals surface area contributed by atoms with Crippen LogP contribution < -0.4 is 5.73 Å². The monoisotopic (exact) mass is 249 g/mol. The van der Waals surface area contributed by atoms with Gasteiger partial charge in [0.1, 0.15) is 11.3 Å². The number of imidazole rings is 1. The number of nitrogens with two attached hydrogens (primary N) is 1. The molecule has 17 heavy (non-hydrogen) atoms. The number of nitrogens with one attached hydrogen (secondary N) is 1. The van der Waals surface area contributed by atoms with Crippen molar-refractivity contribution in [3.05, 3.63) is 29.0 Å². The van der Waals surface area contributed by atoms with Crippen LogP contribution in [-0.2, 0) is 0 Å². The first kappa shape index (κ1) is 11.1. The van der Waals surface area contributed by atoms with Crippen molar-refractivity contribution < 1.29 is 0 Å². The highest BCUT2D eigenvalue weighted by Crippen LogP contribution is 2.32. The Morgan fingerprint density at radius 2 is 2.24 bits per heavy atom. The molecule has 2 atom stereocenters. The van der Waals surface area contributed by atoms with E-state index in [-0.39, 0.29) is 0 Å². The van der Waals surface area contributed by atoms with E-state index in [2.05, 4.69) is 9.97 Å². The Hall–Kier alpha value is -1.06. The van der Waals surface area contributed by atoms with E-state index < -0.39 is 0 Å². The third-order valence-electron chi connectivity index (χ3n) is 3.58. The second-order valence-electron chi connectivity index (χ2n) is 4.88. The van der Waals surface area contributed by atoms with Gasteiger partial charge in [-0.3, -0.25) is 0 Å². The van der Waals surface area contributed by atoms with Crippen LogP contribution in [0.15, 0.2) is 18.2 Å². The molecule has 2 aromatic rings. The third kappa shape index (κ3) is 2.05. The van der Waals surface area contributed by atoms with Crippen molar-refractivity contribution in [1.82, 2.24) is 9.97 Å². The van der Waals surface area contributed by atoms with Gasteiger partial charge in [0.05, 0.1) is 10.5 Å². The number of nitrogens with zero attached hydrogens (tertiary/aromatic N) is 1. The molecule has 1 heterocycles. The van der Waals surface area contributed by atoms with Gasteiger partial charge >= 0.3 is 0 Å². The molecule has 4 heteroatoms. The molecule has 3 rings (SSSR count). The molecule has 1 aliphatic rings. The van der Waals surface area contributed by atoms with Gasteiger partial charge in [0.15, 0.2) is 0 Å².